The fraction of sp³-hybridized carbons (Fsp3) is 0.222. The summed E-state index contributed by atoms with van der Waals surface area (Å²) in [6.07, 6.45) is -9.41. The number of rotatable bonds is 2. The van der Waals surface area contributed by atoms with Gasteiger partial charge in [0.1, 0.15) is 13.1 Å². The van der Waals surface area contributed by atoms with E-state index in [0.717, 1.165) is 12.1 Å². The van der Waals surface area contributed by atoms with Crippen molar-refractivity contribution in [2.24, 2.45) is 4.99 Å². The average Bonchev–Trinajstić information content (AvgIpc) is 2.71. The summed E-state index contributed by atoms with van der Waals surface area (Å²) in [6, 6.07) is 10.3. The van der Waals surface area contributed by atoms with Gasteiger partial charge >= 0.3 is 12.4 Å². The number of benzodiazepines with no additional fused rings is 1. The molecule has 9 heteroatoms. The van der Waals surface area contributed by atoms with Crippen LogP contribution in [0.2, 0.25) is 0 Å². The lowest BCUT2D eigenvalue weighted by atomic mass is 9.98. The molecular weight excluding hydrogens is 374 g/mol. The highest BCUT2D eigenvalue weighted by atomic mass is 19.4. The molecule has 3 rings (SSSR count). The van der Waals surface area contributed by atoms with Crippen molar-refractivity contribution in [1.29, 1.82) is 0 Å². The topological polar surface area (TPSA) is 32.7 Å². The number of halogens is 6. The minimum atomic E-state index is -4.72. The third-order valence-corrected chi connectivity index (χ3v) is 3.93. The zero-order chi connectivity index (χ0) is 19.8. The number of carbonyl (C=O) groups is 1. The van der Waals surface area contributed by atoms with Crippen LogP contribution in [0, 0.1) is 0 Å². The predicted octanol–water partition coefficient (Wildman–Crippen LogP) is 4.45. The second-order valence-electron chi connectivity index (χ2n) is 5.86. The Hall–Kier alpha value is -2.84. The minimum absolute atomic E-state index is 0.0368. The smallest absolute Gasteiger partial charge is 0.301 e. The third kappa shape index (κ3) is 4.12. The quantitative estimate of drug-likeness (QED) is 0.702. The molecule has 0 radical (unpaired) electrons. The van der Waals surface area contributed by atoms with Gasteiger partial charge in [0.2, 0.25) is 5.91 Å². The van der Waals surface area contributed by atoms with Crippen LogP contribution < -0.4 is 4.90 Å². The van der Waals surface area contributed by atoms with Crippen LogP contribution in [0.1, 0.15) is 16.7 Å². The highest BCUT2D eigenvalue weighted by molar-refractivity contribution is 6.19. The van der Waals surface area contributed by atoms with Gasteiger partial charge in [0.15, 0.2) is 0 Å². The van der Waals surface area contributed by atoms with Crippen LogP contribution in [0.15, 0.2) is 53.5 Å². The Morgan fingerprint density at radius 2 is 1.63 bits per heavy atom. The molecule has 0 saturated heterocycles. The van der Waals surface area contributed by atoms with Crippen molar-refractivity contribution < 1.29 is 31.1 Å². The number of nitrogens with zero attached hydrogens (tertiary/aromatic N) is 2. The minimum Gasteiger partial charge on any atom is -0.301 e. The van der Waals surface area contributed by atoms with E-state index in [1.54, 1.807) is 30.3 Å². The van der Waals surface area contributed by atoms with Gasteiger partial charge in [-0.3, -0.25) is 9.79 Å². The van der Waals surface area contributed by atoms with E-state index in [0.29, 0.717) is 16.5 Å². The van der Waals surface area contributed by atoms with Crippen molar-refractivity contribution in [1.82, 2.24) is 0 Å². The number of alkyl halides is 6. The molecule has 1 heterocycles. The number of aliphatic imine (C=N–C) groups is 1. The second-order valence-corrected chi connectivity index (χ2v) is 5.86. The Kier molecular flexibility index (Phi) is 4.71. The standard InChI is InChI=1S/C18H12F6N2O/c19-17(20,21)10-26-14-7-6-12(18(22,23)24)8-13(14)16(25-9-15(26)27)11-4-2-1-3-5-11/h1-8H,9-10H2. The monoisotopic (exact) mass is 386 g/mol. The molecule has 0 atom stereocenters. The van der Waals surface area contributed by atoms with Crippen molar-refractivity contribution in [3.05, 3.63) is 65.2 Å². The number of anilines is 1. The van der Waals surface area contributed by atoms with E-state index in [9.17, 15) is 31.1 Å². The van der Waals surface area contributed by atoms with Gasteiger partial charge in [0.05, 0.1) is 17.0 Å². The number of benzene rings is 2. The third-order valence-electron chi connectivity index (χ3n) is 3.93. The number of fused-ring (bicyclic) bond motifs is 1. The number of carbonyl (C=O) groups excluding carboxylic acids is 1. The zero-order valence-corrected chi connectivity index (χ0v) is 13.6. The molecule has 3 nitrogen and oxygen atoms in total. The van der Waals surface area contributed by atoms with Gasteiger partial charge in [-0.05, 0) is 18.2 Å². The van der Waals surface area contributed by atoms with Gasteiger partial charge in [-0.25, -0.2) is 0 Å². The first kappa shape index (κ1) is 18.9. The van der Waals surface area contributed by atoms with Crippen LogP contribution in [0.4, 0.5) is 32.0 Å². The predicted molar refractivity (Wildman–Crippen MR) is 86.8 cm³/mol. The summed E-state index contributed by atoms with van der Waals surface area (Å²) in [7, 11) is 0. The summed E-state index contributed by atoms with van der Waals surface area (Å²) >= 11 is 0. The fourth-order valence-electron chi connectivity index (χ4n) is 2.78. The lowest BCUT2D eigenvalue weighted by Gasteiger charge is -2.25. The van der Waals surface area contributed by atoms with E-state index in [4.69, 9.17) is 0 Å². The summed E-state index contributed by atoms with van der Waals surface area (Å²) in [5, 5.41) is 0. The Morgan fingerprint density at radius 1 is 0.963 bits per heavy atom. The molecule has 1 aliphatic heterocycles. The van der Waals surface area contributed by atoms with Gasteiger partial charge in [-0.1, -0.05) is 30.3 Å². The number of amides is 1. The Labute approximate surface area is 149 Å². The summed E-state index contributed by atoms with van der Waals surface area (Å²) in [4.78, 5) is 16.6. The van der Waals surface area contributed by atoms with E-state index in [1.165, 1.54) is 0 Å². The summed E-state index contributed by atoms with van der Waals surface area (Å²) in [5.41, 5.74) is -1.03. The molecule has 0 fully saturated rings. The van der Waals surface area contributed by atoms with Crippen LogP contribution in [0.5, 0.6) is 0 Å². The van der Waals surface area contributed by atoms with Gasteiger partial charge in [0, 0.05) is 11.1 Å². The maximum atomic E-state index is 13.1. The highest BCUT2D eigenvalue weighted by Gasteiger charge is 2.38. The van der Waals surface area contributed by atoms with Crippen molar-refractivity contribution in [3.63, 3.8) is 0 Å². The maximum absolute atomic E-state index is 13.1. The molecule has 142 valence electrons. The van der Waals surface area contributed by atoms with E-state index in [1.807, 2.05) is 0 Å². The summed E-state index contributed by atoms with van der Waals surface area (Å²) in [5.74, 6) is -0.945. The van der Waals surface area contributed by atoms with Crippen LogP contribution in [0.25, 0.3) is 0 Å². The molecule has 27 heavy (non-hydrogen) atoms. The zero-order valence-electron chi connectivity index (χ0n) is 13.6. The van der Waals surface area contributed by atoms with E-state index in [-0.39, 0.29) is 17.0 Å². The average molecular weight is 386 g/mol. The van der Waals surface area contributed by atoms with E-state index in [2.05, 4.69) is 4.99 Å². The van der Waals surface area contributed by atoms with Crippen LogP contribution in [-0.2, 0) is 11.0 Å². The van der Waals surface area contributed by atoms with Crippen molar-refractivity contribution in [2.75, 3.05) is 18.0 Å². The lowest BCUT2D eigenvalue weighted by Crippen LogP contribution is -2.40. The van der Waals surface area contributed by atoms with Crippen LogP contribution in [-0.4, -0.2) is 30.9 Å². The molecule has 0 N–H and O–H groups in total. The Bertz CT molecular complexity index is 887. The molecule has 1 amide bonds. The van der Waals surface area contributed by atoms with Gasteiger partial charge in [-0.2, -0.15) is 26.3 Å². The Morgan fingerprint density at radius 3 is 2.22 bits per heavy atom. The maximum Gasteiger partial charge on any atom is 0.416 e. The number of hydrogen-bond donors (Lipinski definition) is 0. The van der Waals surface area contributed by atoms with Crippen molar-refractivity contribution >= 4 is 17.3 Å². The highest BCUT2D eigenvalue weighted by Crippen LogP contribution is 2.36. The molecule has 0 aromatic heterocycles. The first-order chi connectivity index (χ1) is 12.6. The molecule has 2 aromatic rings. The molecule has 0 aliphatic carbocycles. The molecule has 0 bridgehead atoms. The SMILES string of the molecule is O=C1CN=C(c2ccccc2)c2cc(C(F)(F)F)ccc2N1CC(F)(F)F. The molecular formula is C18H12F6N2O. The molecule has 1 aliphatic rings. The fourth-order valence-corrected chi connectivity index (χ4v) is 2.78. The van der Waals surface area contributed by atoms with Crippen LogP contribution in [0.3, 0.4) is 0 Å². The van der Waals surface area contributed by atoms with Crippen molar-refractivity contribution in [2.45, 2.75) is 12.4 Å². The van der Waals surface area contributed by atoms with Gasteiger partial charge in [-0.15, -0.1) is 0 Å². The van der Waals surface area contributed by atoms with E-state index >= 15 is 0 Å². The second kappa shape index (κ2) is 6.71. The molecule has 0 unspecified atom stereocenters. The first-order valence-electron chi connectivity index (χ1n) is 7.75. The van der Waals surface area contributed by atoms with E-state index < -0.39 is 36.9 Å². The lowest BCUT2D eigenvalue weighted by molar-refractivity contribution is -0.137. The normalized spacial score (nSPS) is 15.3. The molecule has 0 saturated carbocycles. The van der Waals surface area contributed by atoms with Gasteiger partial charge < -0.3 is 4.90 Å². The van der Waals surface area contributed by atoms with Crippen molar-refractivity contribution in [3.8, 4) is 0 Å². The molecule has 0 spiro atoms. The molecule has 2 aromatic carbocycles. The largest absolute Gasteiger partial charge is 0.416 e. The summed E-state index contributed by atoms with van der Waals surface area (Å²) < 4.78 is 78.2. The summed E-state index contributed by atoms with van der Waals surface area (Å²) in [6.45, 7) is -2.21. The van der Waals surface area contributed by atoms with Gasteiger partial charge in [0.25, 0.3) is 0 Å². The number of hydrogen-bond acceptors (Lipinski definition) is 2. The van der Waals surface area contributed by atoms with Crippen LogP contribution >= 0.6 is 0 Å². The Balaban J connectivity index is 2.22. The first-order valence-corrected chi connectivity index (χ1v) is 7.75.